The lowest BCUT2D eigenvalue weighted by molar-refractivity contribution is -0.167. The number of carbonyl (C=O) groups is 3. The van der Waals surface area contributed by atoms with Crippen LogP contribution in [0.4, 0.5) is 0 Å². The summed E-state index contributed by atoms with van der Waals surface area (Å²) in [4.78, 5) is 38.3. The molecule has 0 amide bonds. The van der Waals surface area contributed by atoms with Crippen molar-refractivity contribution in [1.82, 2.24) is 0 Å². The van der Waals surface area contributed by atoms with Gasteiger partial charge in [-0.25, -0.2) is 0 Å². The van der Waals surface area contributed by atoms with Crippen molar-refractivity contribution in [3.8, 4) is 0 Å². The minimum absolute atomic E-state index is 0.0621. The van der Waals surface area contributed by atoms with Crippen LogP contribution >= 0.6 is 0 Å². The maximum Gasteiger partial charge on any atom is 0.306 e. The van der Waals surface area contributed by atoms with Crippen LogP contribution in [-0.4, -0.2) is 37.2 Å². The number of allylic oxidation sites excluding steroid dienone is 2. The lowest BCUT2D eigenvalue weighted by atomic mass is 10.0. The van der Waals surface area contributed by atoms with E-state index in [1.807, 2.05) is 0 Å². The predicted octanol–water partition coefficient (Wildman–Crippen LogP) is 26.3. The minimum Gasteiger partial charge on any atom is -0.462 e. The molecule has 0 N–H and O–H groups in total. The molecule has 0 aliphatic carbocycles. The van der Waals surface area contributed by atoms with Gasteiger partial charge in [0, 0.05) is 19.3 Å². The van der Waals surface area contributed by atoms with Gasteiger partial charge in [0.2, 0.25) is 0 Å². The van der Waals surface area contributed by atoms with E-state index < -0.39 is 6.10 Å². The first-order chi connectivity index (χ1) is 41.0. The first kappa shape index (κ1) is 81.2. The van der Waals surface area contributed by atoms with Crippen molar-refractivity contribution < 1.29 is 28.6 Å². The quantitative estimate of drug-likeness (QED) is 0.0261. The summed E-state index contributed by atoms with van der Waals surface area (Å²) in [7, 11) is 0. The second-order valence-corrected chi connectivity index (χ2v) is 26.3. The van der Waals surface area contributed by atoms with Crippen LogP contribution in [0.5, 0.6) is 0 Å². The van der Waals surface area contributed by atoms with Gasteiger partial charge < -0.3 is 14.2 Å². The van der Waals surface area contributed by atoms with Gasteiger partial charge >= 0.3 is 17.9 Å². The first-order valence-corrected chi connectivity index (χ1v) is 38.2. The normalized spacial score (nSPS) is 12.0. The summed E-state index contributed by atoms with van der Waals surface area (Å²) >= 11 is 0. The molecule has 6 heteroatoms. The number of ether oxygens (including phenoxy) is 3. The molecule has 0 saturated heterocycles. The Morgan fingerprint density at radius 3 is 0.602 bits per heavy atom. The summed E-state index contributed by atoms with van der Waals surface area (Å²) < 4.78 is 17.0. The van der Waals surface area contributed by atoms with Gasteiger partial charge in [-0.1, -0.05) is 392 Å². The van der Waals surface area contributed by atoms with Crippen LogP contribution in [0, 0.1) is 0 Å². The molecule has 0 aliphatic heterocycles. The maximum absolute atomic E-state index is 12.9. The zero-order chi connectivity index (χ0) is 59.9. The van der Waals surface area contributed by atoms with Crippen LogP contribution in [0.3, 0.4) is 0 Å². The predicted molar refractivity (Wildman–Crippen MR) is 363 cm³/mol. The van der Waals surface area contributed by atoms with Crippen LogP contribution in [-0.2, 0) is 28.6 Å². The maximum atomic E-state index is 12.9. The molecule has 0 aromatic heterocycles. The number of carbonyl (C=O) groups excluding carboxylic acids is 3. The van der Waals surface area contributed by atoms with E-state index in [4.69, 9.17) is 14.2 Å². The highest BCUT2D eigenvalue weighted by Gasteiger charge is 2.20. The molecule has 0 rings (SSSR count). The van der Waals surface area contributed by atoms with Gasteiger partial charge in [-0.2, -0.15) is 0 Å². The molecule has 0 spiro atoms. The minimum atomic E-state index is -0.764. The summed E-state index contributed by atoms with van der Waals surface area (Å²) in [5.74, 6) is -0.830. The smallest absolute Gasteiger partial charge is 0.306 e. The van der Waals surface area contributed by atoms with Crippen LogP contribution < -0.4 is 0 Å². The Morgan fingerprint density at radius 1 is 0.229 bits per heavy atom. The zero-order valence-corrected chi connectivity index (χ0v) is 56.8. The molecule has 0 aliphatic rings. The third kappa shape index (κ3) is 70.8. The van der Waals surface area contributed by atoms with E-state index in [1.165, 1.54) is 347 Å². The highest BCUT2D eigenvalue weighted by molar-refractivity contribution is 5.71. The molecule has 1 unspecified atom stereocenters. The summed E-state index contributed by atoms with van der Waals surface area (Å²) in [5, 5.41) is 0. The van der Waals surface area contributed by atoms with Crippen molar-refractivity contribution in [2.75, 3.05) is 13.2 Å². The molecular formula is C77H148O6. The number of hydrogen-bond donors (Lipinski definition) is 0. The molecule has 0 aromatic rings. The summed E-state index contributed by atoms with van der Waals surface area (Å²) in [6.45, 7) is 6.70. The van der Waals surface area contributed by atoms with E-state index in [0.29, 0.717) is 19.3 Å². The van der Waals surface area contributed by atoms with E-state index in [0.717, 1.165) is 57.8 Å². The lowest BCUT2D eigenvalue weighted by Crippen LogP contribution is -2.30. The fraction of sp³-hybridized carbons (Fsp3) is 0.935. The standard InChI is InChI=1S/C77H148O6/c1-4-7-10-13-16-19-21-23-25-27-29-31-33-35-36-37-38-39-40-41-42-43-45-46-48-50-52-54-56-58-61-64-67-70-76(79)82-73-74(72-81-75(78)69-66-63-60-18-15-12-9-6-3)83-77(80)71-68-65-62-59-57-55-53-51-49-47-44-34-32-30-28-26-24-22-20-17-14-11-8-5-2/h27,29,74H,4-26,28,30-73H2,1-3H3/b29-27-. The Bertz CT molecular complexity index is 1300. The van der Waals surface area contributed by atoms with Gasteiger partial charge in [0.1, 0.15) is 13.2 Å². The van der Waals surface area contributed by atoms with Crippen molar-refractivity contribution in [1.29, 1.82) is 0 Å². The topological polar surface area (TPSA) is 78.9 Å². The average Bonchev–Trinajstić information content (AvgIpc) is 3.49. The van der Waals surface area contributed by atoms with E-state index in [-0.39, 0.29) is 31.1 Å². The van der Waals surface area contributed by atoms with E-state index in [2.05, 4.69) is 32.9 Å². The van der Waals surface area contributed by atoms with Crippen LogP contribution in [0.25, 0.3) is 0 Å². The SMILES string of the molecule is CCCCCCCCCC/C=C\CCCCCCCCCCCCCCCCCCCCCCCC(=O)OCC(COC(=O)CCCCCCCCCC)OC(=O)CCCCCCCCCCCCCCCCCCCCCCCCCC. The van der Waals surface area contributed by atoms with E-state index >= 15 is 0 Å². The zero-order valence-electron chi connectivity index (χ0n) is 56.8. The largest absolute Gasteiger partial charge is 0.462 e. The second-order valence-electron chi connectivity index (χ2n) is 26.3. The Kier molecular flexibility index (Phi) is 71.0. The molecule has 0 bridgehead atoms. The van der Waals surface area contributed by atoms with Crippen LogP contribution in [0.2, 0.25) is 0 Å². The van der Waals surface area contributed by atoms with E-state index in [9.17, 15) is 14.4 Å². The molecule has 0 aromatic carbocycles. The number of unbranched alkanes of at least 4 members (excludes halogenated alkanes) is 59. The lowest BCUT2D eigenvalue weighted by Gasteiger charge is -2.18. The molecule has 0 fully saturated rings. The first-order valence-electron chi connectivity index (χ1n) is 38.2. The van der Waals surface area contributed by atoms with Gasteiger partial charge in [0.25, 0.3) is 0 Å². The second kappa shape index (κ2) is 72.6. The Balaban J connectivity index is 3.97. The third-order valence-corrected chi connectivity index (χ3v) is 17.8. The summed E-state index contributed by atoms with van der Waals surface area (Å²) in [5.41, 5.74) is 0. The average molecular weight is 1170 g/mol. The van der Waals surface area contributed by atoms with Crippen molar-refractivity contribution >= 4 is 17.9 Å². The molecule has 83 heavy (non-hydrogen) atoms. The van der Waals surface area contributed by atoms with Crippen LogP contribution in [0.15, 0.2) is 12.2 Å². The fourth-order valence-corrected chi connectivity index (χ4v) is 12.0. The van der Waals surface area contributed by atoms with Gasteiger partial charge in [-0.3, -0.25) is 14.4 Å². The Hall–Kier alpha value is -1.85. The number of hydrogen-bond acceptors (Lipinski definition) is 6. The highest BCUT2D eigenvalue weighted by atomic mass is 16.6. The van der Waals surface area contributed by atoms with Gasteiger partial charge in [0.05, 0.1) is 0 Å². The van der Waals surface area contributed by atoms with Gasteiger partial charge in [-0.05, 0) is 44.9 Å². The Morgan fingerprint density at radius 2 is 0.398 bits per heavy atom. The van der Waals surface area contributed by atoms with Crippen molar-refractivity contribution in [2.45, 2.75) is 451 Å². The van der Waals surface area contributed by atoms with Crippen molar-refractivity contribution in [2.24, 2.45) is 0 Å². The summed E-state index contributed by atoms with van der Waals surface area (Å²) in [6, 6.07) is 0. The molecule has 0 radical (unpaired) electrons. The molecule has 492 valence electrons. The fourth-order valence-electron chi connectivity index (χ4n) is 12.0. The molecular weight excluding hydrogens is 1020 g/mol. The van der Waals surface area contributed by atoms with Crippen molar-refractivity contribution in [3.63, 3.8) is 0 Å². The van der Waals surface area contributed by atoms with Crippen LogP contribution in [0.1, 0.15) is 445 Å². The van der Waals surface area contributed by atoms with Gasteiger partial charge in [-0.15, -0.1) is 0 Å². The molecule has 6 nitrogen and oxygen atoms in total. The van der Waals surface area contributed by atoms with Crippen molar-refractivity contribution in [3.05, 3.63) is 12.2 Å². The number of esters is 3. The van der Waals surface area contributed by atoms with E-state index in [1.54, 1.807) is 0 Å². The summed E-state index contributed by atoms with van der Waals surface area (Å²) in [6.07, 6.45) is 88.7. The highest BCUT2D eigenvalue weighted by Crippen LogP contribution is 2.20. The molecule has 1 atom stereocenters. The monoisotopic (exact) mass is 1170 g/mol. The number of rotatable bonds is 72. The molecule has 0 saturated carbocycles. The Labute approximate surface area is 520 Å². The van der Waals surface area contributed by atoms with Gasteiger partial charge in [0.15, 0.2) is 6.10 Å². The molecule has 0 heterocycles. The third-order valence-electron chi connectivity index (χ3n) is 17.8.